The van der Waals surface area contributed by atoms with E-state index >= 15 is 0 Å². The summed E-state index contributed by atoms with van der Waals surface area (Å²) in [6, 6.07) is 0.479. The molecule has 1 N–H and O–H groups in total. The lowest BCUT2D eigenvalue weighted by atomic mass is 10.2. The number of ether oxygens (including phenoxy) is 1. The maximum absolute atomic E-state index is 11.8. The Balaban J connectivity index is 1.99. The third-order valence-corrected chi connectivity index (χ3v) is 2.58. The highest BCUT2D eigenvalue weighted by Gasteiger charge is 2.27. The van der Waals surface area contributed by atoms with E-state index in [1.165, 1.54) is 6.42 Å². The molecule has 0 spiro atoms. The molecule has 0 aromatic rings. The van der Waals surface area contributed by atoms with Gasteiger partial charge in [0.05, 0.1) is 6.61 Å². The first-order valence-electron chi connectivity index (χ1n) is 5.54. The predicted octanol–water partition coefficient (Wildman–Crippen LogP) is 1.25. The van der Waals surface area contributed by atoms with Crippen LogP contribution in [0.25, 0.3) is 0 Å². The third kappa shape index (κ3) is 6.30. The summed E-state index contributed by atoms with van der Waals surface area (Å²) in [7, 11) is 1.90. The molecular formula is C10H19F3N2O. The molecule has 1 atom stereocenters. The van der Waals surface area contributed by atoms with E-state index in [0.717, 1.165) is 19.5 Å². The molecule has 0 saturated carbocycles. The zero-order valence-corrected chi connectivity index (χ0v) is 9.52. The highest BCUT2D eigenvalue weighted by Crippen LogP contribution is 2.14. The van der Waals surface area contributed by atoms with Gasteiger partial charge in [-0.25, -0.2) is 0 Å². The second-order valence-corrected chi connectivity index (χ2v) is 4.22. The van der Waals surface area contributed by atoms with Gasteiger partial charge < -0.3 is 15.0 Å². The van der Waals surface area contributed by atoms with Crippen LogP contribution in [0, 0.1) is 0 Å². The van der Waals surface area contributed by atoms with Gasteiger partial charge in [0, 0.05) is 19.1 Å². The summed E-state index contributed by atoms with van der Waals surface area (Å²) in [6.45, 7) is 1.43. The lowest BCUT2D eigenvalue weighted by Gasteiger charge is -2.21. The van der Waals surface area contributed by atoms with Crippen LogP contribution in [0.5, 0.6) is 0 Å². The Morgan fingerprint density at radius 1 is 1.44 bits per heavy atom. The van der Waals surface area contributed by atoms with Crippen LogP contribution in [-0.4, -0.2) is 57.0 Å². The molecule has 0 aromatic carbocycles. The Hall–Kier alpha value is -0.330. The highest BCUT2D eigenvalue weighted by molar-refractivity contribution is 4.76. The molecule has 1 heterocycles. The van der Waals surface area contributed by atoms with Crippen molar-refractivity contribution in [3.8, 4) is 0 Å². The Bertz CT molecular complexity index is 193. The smallest absolute Gasteiger partial charge is 0.371 e. The molecule has 0 aliphatic carbocycles. The SMILES string of the molecule is CN(CCOCC(F)(F)F)CC1CCCN1. The molecule has 1 aliphatic heterocycles. The molecule has 0 amide bonds. The lowest BCUT2D eigenvalue weighted by Crippen LogP contribution is -2.37. The Morgan fingerprint density at radius 3 is 2.75 bits per heavy atom. The van der Waals surface area contributed by atoms with Crippen molar-refractivity contribution in [2.75, 3.05) is 39.9 Å². The van der Waals surface area contributed by atoms with Crippen LogP contribution in [0.2, 0.25) is 0 Å². The van der Waals surface area contributed by atoms with Gasteiger partial charge in [-0.3, -0.25) is 0 Å². The van der Waals surface area contributed by atoms with Crippen LogP contribution < -0.4 is 5.32 Å². The Labute approximate surface area is 93.9 Å². The van der Waals surface area contributed by atoms with Gasteiger partial charge in [-0.15, -0.1) is 0 Å². The normalized spacial score (nSPS) is 21.9. The summed E-state index contributed by atoms with van der Waals surface area (Å²) in [5.74, 6) is 0. The topological polar surface area (TPSA) is 24.5 Å². The zero-order chi connectivity index (χ0) is 12.0. The Kier molecular flexibility index (Phi) is 5.51. The van der Waals surface area contributed by atoms with Gasteiger partial charge in [0.25, 0.3) is 0 Å². The van der Waals surface area contributed by atoms with E-state index in [-0.39, 0.29) is 6.61 Å². The van der Waals surface area contributed by atoms with Crippen LogP contribution in [0.3, 0.4) is 0 Å². The van der Waals surface area contributed by atoms with Crippen molar-refractivity contribution >= 4 is 0 Å². The number of nitrogens with one attached hydrogen (secondary N) is 1. The maximum Gasteiger partial charge on any atom is 0.411 e. The minimum absolute atomic E-state index is 0.128. The predicted molar refractivity (Wildman–Crippen MR) is 55.4 cm³/mol. The highest BCUT2D eigenvalue weighted by atomic mass is 19.4. The molecule has 1 unspecified atom stereocenters. The maximum atomic E-state index is 11.8. The summed E-state index contributed by atoms with van der Waals surface area (Å²) in [5, 5.41) is 3.34. The molecule has 6 heteroatoms. The van der Waals surface area contributed by atoms with Gasteiger partial charge in [0.15, 0.2) is 0 Å². The van der Waals surface area contributed by atoms with E-state index in [1.807, 2.05) is 11.9 Å². The number of alkyl halides is 3. The van der Waals surface area contributed by atoms with Crippen LogP contribution >= 0.6 is 0 Å². The first-order valence-corrected chi connectivity index (χ1v) is 5.54. The average molecular weight is 240 g/mol. The molecule has 1 saturated heterocycles. The van der Waals surface area contributed by atoms with Crippen molar-refractivity contribution in [1.82, 2.24) is 10.2 Å². The summed E-state index contributed by atoms with van der Waals surface area (Å²) >= 11 is 0. The van der Waals surface area contributed by atoms with Crippen molar-refractivity contribution in [3.05, 3.63) is 0 Å². The summed E-state index contributed by atoms with van der Waals surface area (Å²) in [4.78, 5) is 2.00. The van der Waals surface area contributed by atoms with E-state index in [1.54, 1.807) is 0 Å². The number of hydrogen-bond donors (Lipinski definition) is 1. The van der Waals surface area contributed by atoms with Crippen molar-refractivity contribution in [3.63, 3.8) is 0 Å². The fourth-order valence-electron chi connectivity index (χ4n) is 1.79. The summed E-state index contributed by atoms with van der Waals surface area (Å²) in [6.07, 6.45) is -1.89. The molecule has 16 heavy (non-hydrogen) atoms. The minimum Gasteiger partial charge on any atom is -0.371 e. The zero-order valence-electron chi connectivity index (χ0n) is 9.52. The van der Waals surface area contributed by atoms with Crippen LogP contribution in [0.15, 0.2) is 0 Å². The average Bonchev–Trinajstić information content (AvgIpc) is 2.63. The fourth-order valence-corrected chi connectivity index (χ4v) is 1.79. The molecular weight excluding hydrogens is 221 g/mol. The molecule has 0 aromatic heterocycles. The van der Waals surface area contributed by atoms with Gasteiger partial charge in [-0.05, 0) is 26.4 Å². The van der Waals surface area contributed by atoms with Gasteiger partial charge in [0.2, 0.25) is 0 Å². The largest absolute Gasteiger partial charge is 0.411 e. The third-order valence-electron chi connectivity index (χ3n) is 2.58. The Morgan fingerprint density at radius 2 is 2.19 bits per heavy atom. The van der Waals surface area contributed by atoms with E-state index in [4.69, 9.17) is 0 Å². The van der Waals surface area contributed by atoms with Crippen LogP contribution in [0.1, 0.15) is 12.8 Å². The quantitative estimate of drug-likeness (QED) is 0.707. The van der Waals surface area contributed by atoms with Crippen LogP contribution in [-0.2, 0) is 4.74 Å². The number of nitrogens with zero attached hydrogens (tertiary/aromatic N) is 1. The summed E-state index contributed by atoms with van der Waals surface area (Å²) in [5.41, 5.74) is 0. The molecule has 0 bridgehead atoms. The van der Waals surface area contributed by atoms with Crippen molar-refractivity contribution < 1.29 is 17.9 Å². The van der Waals surface area contributed by atoms with Crippen LogP contribution in [0.4, 0.5) is 13.2 Å². The van der Waals surface area contributed by atoms with Crippen molar-refractivity contribution in [2.24, 2.45) is 0 Å². The number of hydrogen-bond acceptors (Lipinski definition) is 3. The van der Waals surface area contributed by atoms with E-state index < -0.39 is 12.8 Å². The van der Waals surface area contributed by atoms with Crippen molar-refractivity contribution in [1.29, 1.82) is 0 Å². The molecule has 3 nitrogen and oxygen atoms in total. The van der Waals surface area contributed by atoms with E-state index in [9.17, 15) is 13.2 Å². The second kappa shape index (κ2) is 6.42. The van der Waals surface area contributed by atoms with Crippen molar-refractivity contribution in [2.45, 2.75) is 25.1 Å². The standard InChI is InChI=1S/C10H19F3N2O/c1-15(7-9-3-2-4-14-9)5-6-16-8-10(11,12)13/h9,14H,2-8H2,1H3. The lowest BCUT2D eigenvalue weighted by molar-refractivity contribution is -0.174. The summed E-state index contributed by atoms with van der Waals surface area (Å²) < 4.78 is 39.8. The molecule has 0 radical (unpaired) electrons. The van der Waals surface area contributed by atoms with Gasteiger partial charge in [-0.2, -0.15) is 13.2 Å². The minimum atomic E-state index is -4.22. The monoisotopic (exact) mass is 240 g/mol. The second-order valence-electron chi connectivity index (χ2n) is 4.22. The van der Waals surface area contributed by atoms with Gasteiger partial charge in [-0.1, -0.05) is 0 Å². The molecule has 1 aliphatic rings. The number of halogens is 3. The van der Waals surface area contributed by atoms with E-state index in [0.29, 0.717) is 12.6 Å². The van der Waals surface area contributed by atoms with Gasteiger partial charge in [0.1, 0.15) is 6.61 Å². The molecule has 96 valence electrons. The van der Waals surface area contributed by atoms with Gasteiger partial charge >= 0.3 is 6.18 Å². The number of likely N-dealkylation sites (N-methyl/N-ethyl adjacent to an activating group) is 1. The first kappa shape index (κ1) is 13.7. The molecule has 1 rings (SSSR count). The first-order chi connectivity index (χ1) is 7.47. The fraction of sp³-hybridized carbons (Fsp3) is 1.00. The number of rotatable bonds is 6. The van der Waals surface area contributed by atoms with E-state index in [2.05, 4.69) is 10.1 Å². The molecule has 1 fully saturated rings.